The molecular weight excluding hydrogens is 548 g/mol. The van der Waals surface area contributed by atoms with E-state index in [2.05, 4.69) is 10.6 Å². The van der Waals surface area contributed by atoms with Crippen LogP contribution in [0.15, 0.2) is 48.5 Å². The molecule has 0 saturated heterocycles. The van der Waals surface area contributed by atoms with Crippen molar-refractivity contribution in [1.29, 1.82) is 10.8 Å². The molecule has 10 N–H and O–H groups in total. The molecule has 230 valence electrons. The van der Waals surface area contributed by atoms with Gasteiger partial charge in [-0.2, -0.15) is 0 Å². The summed E-state index contributed by atoms with van der Waals surface area (Å²) in [4.78, 5) is 54.4. The van der Waals surface area contributed by atoms with E-state index in [0.29, 0.717) is 35.1 Å². The molecule has 3 rings (SSSR count). The minimum absolute atomic E-state index is 0.0749. The minimum Gasteiger partial charge on any atom is -0.384 e. The van der Waals surface area contributed by atoms with Gasteiger partial charge in [0.15, 0.2) is 0 Å². The number of nitrogens with two attached hydrogens (primary N) is 3. The number of carbonyl (C=O) groups is 4. The van der Waals surface area contributed by atoms with Crippen LogP contribution < -0.4 is 27.8 Å². The number of rotatable bonds is 13. The van der Waals surface area contributed by atoms with Gasteiger partial charge in [-0.1, -0.05) is 61.7 Å². The summed E-state index contributed by atoms with van der Waals surface area (Å²) in [7, 11) is 3.12. The molecule has 0 bridgehead atoms. The summed E-state index contributed by atoms with van der Waals surface area (Å²) in [6.07, 6.45) is 4.38. The van der Waals surface area contributed by atoms with Crippen molar-refractivity contribution in [2.24, 2.45) is 29.0 Å². The van der Waals surface area contributed by atoms with Crippen LogP contribution in [0.3, 0.4) is 0 Å². The van der Waals surface area contributed by atoms with E-state index in [1.807, 2.05) is 0 Å². The van der Waals surface area contributed by atoms with Crippen molar-refractivity contribution >= 4 is 35.3 Å². The fraction of sp³-hybridized carbons (Fsp3) is 0.419. The van der Waals surface area contributed by atoms with Crippen LogP contribution in [0.4, 0.5) is 0 Å². The van der Waals surface area contributed by atoms with Gasteiger partial charge >= 0.3 is 0 Å². The summed E-state index contributed by atoms with van der Waals surface area (Å²) < 4.78 is 0. The van der Waals surface area contributed by atoms with Crippen molar-refractivity contribution in [2.45, 2.75) is 57.0 Å². The maximum atomic E-state index is 13.7. The number of hydrogen-bond acceptors (Lipinski definition) is 6. The number of benzene rings is 2. The normalized spacial score (nSPS) is 15.4. The third-order valence-corrected chi connectivity index (χ3v) is 7.80. The molecule has 1 aliphatic carbocycles. The van der Waals surface area contributed by atoms with E-state index >= 15 is 0 Å². The molecule has 12 nitrogen and oxygen atoms in total. The molecule has 12 heteroatoms. The van der Waals surface area contributed by atoms with E-state index in [-0.39, 0.29) is 30.4 Å². The topological polar surface area (TPSA) is 221 Å². The number of nitrogen functional groups attached to an aromatic ring is 2. The molecule has 4 amide bonds. The van der Waals surface area contributed by atoms with Crippen LogP contribution in [0.1, 0.15) is 54.4 Å². The molecule has 0 radical (unpaired) electrons. The van der Waals surface area contributed by atoms with Crippen LogP contribution in [0.25, 0.3) is 0 Å². The van der Waals surface area contributed by atoms with Crippen molar-refractivity contribution in [3.05, 3.63) is 70.8 Å². The zero-order valence-electron chi connectivity index (χ0n) is 24.7. The number of amidine groups is 2. The summed E-state index contributed by atoms with van der Waals surface area (Å²) in [5.41, 5.74) is 19.2. The second-order valence-corrected chi connectivity index (χ2v) is 11.3. The van der Waals surface area contributed by atoms with Gasteiger partial charge in [-0.05, 0) is 42.4 Å². The zero-order chi connectivity index (χ0) is 31.7. The van der Waals surface area contributed by atoms with Crippen molar-refractivity contribution in [3.8, 4) is 0 Å². The number of nitrogens with zero attached hydrogens (tertiary/aromatic N) is 1. The van der Waals surface area contributed by atoms with Crippen molar-refractivity contribution in [1.82, 2.24) is 15.5 Å². The highest BCUT2D eigenvalue weighted by molar-refractivity contribution is 6.02. The number of carbonyl (C=O) groups excluding carboxylic acids is 4. The lowest BCUT2D eigenvalue weighted by molar-refractivity contribution is -0.142. The van der Waals surface area contributed by atoms with Gasteiger partial charge in [0.2, 0.25) is 23.6 Å². The van der Waals surface area contributed by atoms with Crippen LogP contribution >= 0.6 is 0 Å². The quantitative estimate of drug-likeness (QED) is 0.101. The fourth-order valence-electron chi connectivity index (χ4n) is 5.36. The molecule has 1 aliphatic rings. The molecule has 0 spiro atoms. The van der Waals surface area contributed by atoms with E-state index < -0.39 is 41.6 Å². The highest BCUT2D eigenvalue weighted by Gasteiger charge is 2.37. The Labute approximate surface area is 251 Å². The van der Waals surface area contributed by atoms with Crippen molar-refractivity contribution in [2.75, 3.05) is 14.1 Å². The molecular formula is C31H42N8O4. The van der Waals surface area contributed by atoms with Crippen LogP contribution in [-0.4, -0.2) is 66.4 Å². The average molecular weight is 591 g/mol. The summed E-state index contributed by atoms with van der Waals surface area (Å²) in [6.45, 7) is 0. The Kier molecular flexibility index (Phi) is 11.4. The Bertz CT molecular complexity index is 1350. The summed E-state index contributed by atoms with van der Waals surface area (Å²) in [5.74, 6) is -3.82. The third-order valence-electron chi connectivity index (χ3n) is 7.80. The number of amides is 4. The smallest absolute Gasteiger partial charge is 0.243 e. The fourth-order valence-corrected chi connectivity index (χ4v) is 5.36. The Hall–Kier alpha value is -4.74. The van der Waals surface area contributed by atoms with Gasteiger partial charge < -0.3 is 32.7 Å². The maximum absolute atomic E-state index is 13.7. The number of nitrogens with one attached hydrogen (secondary N) is 4. The molecule has 1 fully saturated rings. The van der Waals surface area contributed by atoms with Crippen LogP contribution in [0.5, 0.6) is 0 Å². The Morgan fingerprint density at radius 2 is 1.44 bits per heavy atom. The minimum atomic E-state index is -1.11. The molecule has 2 aromatic carbocycles. The second kappa shape index (κ2) is 14.9. The van der Waals surface area contributed by atoms with E-state index in [1.165, 1.54) is 4.90 Å². The van der Waals surface area contributed by atoms with Crippen LogP contribution in [0, 0.1) is 22.7 Å². The monoisotopic (exact) mass is 590 g/mol. The van der Waals surface area contributed by atoms with Gasteiger partial charge in [-0.3, -0.25) is 30.0 Å². The third kappa shape index (κ3) is 9.12. The summed E-state index contributed by atoms with van der Waals surface area (Å²) >= 11 is 0. The number of primary amides is 1. The van der Waals surface area contributed by atoms with E-state index in [1.54, 1.807) is 62.6 Å². The predicted octanol–water partition coefficient (Wildman–Crippen LogP) is 0.780. The predicted molar refractivity (Wildman–Crippen MR) is 164 cm³/mol. The van der Waals surface area contributed by atoms with E-state index in [0.717, 1.165) is 19.3 Å². The van der Waals surface area contributed by atoms with Gasteiger partial charge in [-0.25, -0.2) is 0 Å². The standard InChI is InChI=1S/C31H42N8O4/c1-39(2)31(43)23(16-18-11-13-21(14-12-18)26(32)33)29(41)38-25(20-8-4-3-5-9-20)30(42)37-24(28(36)40)17-19-7-6-10-22(15-19)27(34)35/h6-7,10-15,20,23-25H,3-5,8-9,16-17H2,1-2H3,(H3,32,33)(H3,34,35)(H2,36,40)(H,37,42)(H,38,41)/t23?,24?,25-/m0/s1. The SMILES string of the molecule is CN(C)C(=O)C(Cc1ccc(C(=N)N)cc1)C(=O)N[C@H](C(=O)NC(Cc1cccc(C(=N)N)c1)C(N)=O)C1CCCCC1. The highest BCUT2D eigenvalue weighted by Crippen LogP contribution is 2.27. The highest BCUT2D eigenvalue weighted by atomic mass is 16.2. The van der Waals surface area contributed by atoms with Crippen molar-refractivity contribution in [3.63, 3.8) is 0 Å². The molecule has 43 heavy (non-hydrogen) atoms. The first kappa shape index (κ1) is 32.8. The Morgan fingerprint density at radius 1 is 0.814 bits per heavy atom. The van der Waals surface area contributed by atoms with Crippen LogP contribution in [0.2, 0.25) is 0 Å². The molecule has 1 saturated carbocycles. The second-order valence-electron chi connectivity index (χ2n) is 11.3. The maximum Gasteiger partial charge on any atom is 0.243 e. The first-order valence-corrected chi connectivity index (χ1v) is 14.3. The van der Waals surface area contributed by atoms with E-state index in [4.69, 9.17) is 28.0 Å². The lowest BCUT2D eigenvalue weighted by atomic mass is 9.83. The molecule has 2 unspecified atom stereocenters. The first-order chi connectivity index (χ1) is 20.4. The zero-order valence-corrected chi connectivity index (χ0v) is 24.7. The van der Waals surface area contributed by atoms with Crippen LogP contribution in [-0.2, 0) is 32.0 Å². The first-order valence-electron chi connectivity index (χ1n) is 14.3. The lowest BCUT2D eigenvalue weighted by Crippen LogP contribution is -2.58. The molecule has 3 atom stereocenters. The molecule has 0 heterocycles. The molecule has 0 aliphatic heterocycles. The average Bonchev–Trinajstić information content (AvgIpc) is 2.98. The molecule has 2 aromatic rings. The lowest BCUT2D eigenvalue weighted by Gasteiger charge is -2.32. The molecule has 0 aromatic heterocycles. The van der Waals surface area contributed by atoms with Crippen molar-refractivity contribution < 1.29 is 19.2 Å². The van der Waals surface area contributed by atoms with Gasteiger partial charge in [0.05, 0.1) is 0 Å². The van der Waals surface area contributed by atoms with E-state index in [9.17, 15) is 19.2 Å². The Morgan fingerprint density at radius 3 is 2.00 bits per heavy atom. The summed E-state index contributed by atoms with van der Waals surface area (Å²) in [6, 6.07) is 11.5. The van der Waals surface area contributed by atoms with Gasteiger partial charge in [0.25, 0.3) is 0 Å². The van der Waals surface area contributed by atoms with Gasteiger partial charge in [0.1, 0.15) is 29.7 Å². The largest absolute Gasteiger partial charge is 0.384 e. The van der Waals surface area contributed by atoms with Gasteiger partial charge in [0, 0.05) is 31.6 Å². The van der Waals surface area contributed by atoms with Gasteiger partial charge in [-0.15, -0.1) is 0 Å². The number of hydrogen-bond donors (Lipinski definition) is 7. The summed E-state index contributed by atoms with van der Waals surface area (Å²) in [5, 5.41) is 20.9. The Balaban J connectivity index is 1.84.